The molecule has 33 heavy (non-hydrogen) atoms. The molecule has 2 aliphatic heterocycles. The van der Waals surface area contributed by atoms with Gasteiger partial charge in [0, 0.05) is 25.2 Å². The van der Waals surface area contributed by atoms with Gasteiger partial charge >= 0.3 is 0 Å². The van der Waals surface area contributed by atoms with Crippen LogP contribution in [-0.2, 0) is 22.7 Å². The van der Waals surface area contributed by atoms with Crippen molar-refractivity contribution < 1.29 is 18.7 Å². The summed E-state index contributed by atoms with van der Waals surface area (Å²) in [5.74, 6) is -0.623. The van der Waals surface area contributed by atoms with Gasteiger partial charge in [0.2, 0.25) is 5.91 Å². The summed E-state index contributed by atoms with van der Waals surface area (Å²) in [5.41, 5.74) is 2.69. The lowest BCUT2D eigenvalue weighted by molar-refractivity contribution is -0.121. The number of anilines is 1. The Morgan fingerprint density at radius 1 is 1.12 bits per heavy atom. The number of nitrogens with one attached hydrogen (secondary N) is 1. The number of rotatable bonds is 4. The van der Waals surface area contributed by atoms with Gasteiger partial charge < -0.3 is 19.5 Å². The van der Waals surface area contributed by atoms with Crippen molar-refractivity contribution in [3.63, 3.8) is 0 Å². The van der Waals surface area contributed by atoms with E-state index in [0.29, 0.717) is 43.9 Å². The van der Waals surface area contributed by atoms with Crippen molar-refractivity contribution in [1.82, 2.24) is 19.4 Å². The van der Waals surface area contributed by atoms with Gasteiger partial charge in [-0.25, -0.2) is 9.37 Å². The summed E-state index contributed by atoms with van der Waals surface area (Å²) in [5, 5.41) is 2.89. The number of benzene rings is 1. The Bertz CT molecular complexity index is 1140. The van der Waals surface area contributed by atoms with Crippen LogP contribution in [0.4, 0.5) is 10.1 Å². The molecule has 0 spiro atoms. The lowest BCUT2D eigenvalue weighted by Crippen LogP contribution is -2.42. The van der Waals surface area contributed by atoms with Gasteiger partial charge in [0.15, 0.2) is 5.69 Å². The smallest absolute Gasteiger partial charge is 0.274 e. The predicted octanol–water partition coefficient (Wildman–Crippen LogP) is 3.18. The van der Waals surface area contributed by atoms with Crippen LogP contribution in [0.1, 0.15) is 40.7 Å². The summed E-state index contributed by atoms with van der Waals surface area (Å²) >= 11 is 0. The zero-order valence-corrected chi connectivity index (χ0v) is 18.0. The monoisotopic (exact) mass is 449 g/mol. The maximum atomic E-state index is 13.2. The highest BCUT2D eigenvalue weighted by Crippen LogP contribution is 2.29. The molecule has 0 saturated carbocycles. The second-order valence-corrected chi connectivity index (χ2v) is 8.34. The van der Waals surface area contributed by atoms with E-state index in [1.54, 1.807) is 47.9 Å². The van der Waals surface area contributed by atoms with Gasteiger partial charge in [-0.15, -0.1) is 0 Å². The molecule has 0 radical (unpaired) electrons. The molecule has 8 nitrogen and oxygen atoms in total. The van der Waals surface area contributed by atoms with Gasteiger partial charge in [-0.05, 0) is 42.7 Å². The van der Waals surface area contributed by atoms with Gasteiger partial charge in [-0.2, -0.15) is 0 Å². The number of carbonyl (C=O) groups excluding carboxylic acids is 2. The van der Waals surface area contributed by atoms with Crippen LogP contribution in [0, 0.1) is 11.7 Å². The number of amides is 2. The Morgan fingerprint density at radius 3 is 2.64 bits per heavy atom. The molecule has 2 aliphatic rings. The molecule has 170 valence electrons. The summed E-state index contributed by atoms with van der Waals surface area (Å²) in [4.78, 5) is 35.8. The summed E-state index contributed by atoms with van der Waals surface area (Å²) < 4.78 is 21.1. The number of nitrogens with zero attached hydrogens (tertiary/aromatic N) is 4. The molecule has 0 bridgehead atoms. The van der Waals surface area contributed by atoms with Crippen molar-refractivity contribution >= 4 is 17.5 Å². The lowest BCUT2D eigenvalue weighted by atomic mass is 9.95. The first-order valence-electron chi connectivity index (χ1n) is 11.0. The molecule has 1 fully saturated rings. The van der Waals surface area contributed by atoms with Crippen molar-refractivity contribution in [3.05, 3.63) is 77.9 Å². The van der Waals surface area contributed by atoms with Crippen LogP contribution in [0.25, 0.3) is 0 Å². The van der Waals surface area contributed by atoms with Crippen molar-refractivity contribution in [1.29, 1.82) is 0 Å². The molecular formula is C24H24FN5O3. The maximum absolute atomic E-state index is 13.2. The number of halogens is 1. The minimum Gasteiger partial charge on any atom is -0.365 e. The van der Waals surface area contributed by atoms with E-state index in [1.807, 2.05) is 4.57 Å². The third-order valence-electron chi connectivity index (χ3n) is 6.26. The lowest BCUT2D eigenvalue weighted by Gasteiger charge is -2.31. The zero-order valence-electron chi connectivity index (χ0n) is 18.0. The van der Waals surface area contributed by atoms with Gasteiger partial charge in [0.1, 0.15) is 11.9 Å². The number of hydrogen-bond acceptors (Lipinski definition) is 5. The van der Waals surface area contributed by atoms with E-state index in [2.05, 4.69) is 15.3 Å². The van der Waals surface area contributed by atoms with E-state index in [0.717, 1.165) is 11.3 Å². The standard InChI is InChI=1S/C24H24FN5O3/c25-18-5-3-16(4-6-18)21-13-30-15-27-22(20(30)14-33-21)24(32)29-10-7-17(8-11-29)23(31)28-19-2-1-9-26-12-19/h1-6,9,12,15,17,21H,7-8,10-11,13-14H2,(H,28,31). The van der Waals surface area contributed by atoms with Gasteiger partial charge in [0.05, 0.1) is 37.1 Å². The van der Waals surface area contributed by atoms with Crippen LogP contribution in [-0.4, -0.2) is 44.3 Å². The normalized spacial score (nSPS) is 18.6. The fourth-order valence-corrected chi connectivity index (χ4v) is 4.36. The number of hydrogen-bond donors (Lipinski definition) is 1. The summed E-state index contributed by atoms with van der Waals surface area (Å²) in [6, 6.07) is 9.82. The molecule has 1 N–H and O–H groups in total. The average Bonchev–Trinajstić information content (AvgIpc) is 3.28. The van der Waals surface area contributed by atoms with E-state index in [1.165, 1.54) is 12.1 Å². The van der Waals surface area contributed by atoms with Crippen LogP contribution in [0.2, 0.25) is 0 Å². The predicted molar refractivity (Wildman–Crippen MR) is 118 cm³/mol. The molecule has 1 saturated heterocycles. The molecule has 5 rings (SSSR count). The van der Waals surface area contributed by atoms with Crippen LogP contribution in [0.3, 0.4) is 0 Å². The fourth-order valence-electron chi connectivity index (χ4n) is 4.36. The second-order valence-electron chi connectivity index (χ2n) is 8.34. The van der Waals surface area contributed by atoms with E-state index in [4.69, 9.17) is 4.74 Å². The Balaban J connectivity index is 1.19. The van der Waals surface area contributed by atoms with E-state index < -0.39 is 0 Å². The molecule has 1 aromatic carbocycles. The van der Waals surface area contributed by atoms with Crippen LogP contribution in [0.15, 0.2) is 55.1 Å². The highest BCUT2D eigenvalue weighted by Gasteiger charge is 2.32. The van der Waals surface area contributed by atoms with Gasteiger partial charge in [-0.1, -0.05) is 12.1 Å². The molecule has 2 aromatic heterocycles. The fraction of sp³-hybridized carbons (Fsp3) is 0.333. The molecule has 4 heterocycles. The second kappa shape index (κ2) is 9.11. The van der Waals surface area contributed by atoms with E-state index >= 15 is 0 Å². The number of fused-ring (bicyclic) bond motifs is 1. The molecule has 1 unspecified atom stereocenters. The highest BCUT2D eigenvalue weighted by atomic mass is 19.1. The van der Waals surface area contributed by atoms with Gasteiger partial charge in [-0.3, -0.25) is 14.6 Å². The third kappa shape index (κ3) is 4.49. The SMILES string of the molecule is O=C(Nc1cccnc1)C1CCN(C(=O)c2ncn3c2COC(c2ccc(F)cc2)C3)CC1. The van der Waals surface area contributed by atoms with Gasteiger partial charge in [0.25, 0.3) is 5.91 Å². The Hall–Kier alpha value is -3.59. The quantitative estimate of drug-likeness (QED) is 0.661. The van der Waals surface area contributed by atoms with Crippen LogP contribution in [0.5, 0.6) is 0 Å². The molecule has 0 aliphatic carbocycles. The zero-order chi connectivity index (χ0) is 22.8. The summed E-state index contributed by atoms with van der Waals surface area (Å²) in [6.45, 7) is 1.76. The minimum absolute atomic E-state index is 0.0466. The Labute approximate surface area is 190 Å². The van der Waals surface area contributed by atoms with E-state index in [-0.39, 0.29) is 36.3 Å². The topological polar surface area (TPSA) is 89.4 Å². The average molecular weight is 449 g/mol. The van der Waals surface area contributed by atoms with Crippen LogP contribution < -0.4 is 5.32 Å². The summed E-state index contributed by atoms with van der Waals surface area (Å²) in [6.07, 6.45) is 5.90. The molecular weight excluding hydrogens is 425 g/mol. The Morgan fingerprint density at radius 2 is 1.91 bits per heavy atom. The van der Waals surface area contributed by atoms with Crippen LogP contribution >= 0.6 is 0 Å². The molecule has 3 aromatic rings. The number of likely N-dealkylation sites (tertiary alicyclic amines) is 1. The van der Waals surface area contributed by atoms with E-state index in [9.17, 15) is 14.0 Å². The van der Waals surface area contributed by atoms with Crippen molar-refractivity contribution in [2.24, 2.45) is 5.92 Å². The minimum atomic E-state index is -0.288. The maximum Gasteiger partial charge on any atom is 0.274 e. The first-order chi connectivity index (χ1) is 16.1. The van der Waals surface area contributed by atoms with Crippen molar-refractivity contribution in [2.45, 2.75) is 32.1 Å². The molecule has 9 heteroatoms. The number of imidazole rings is 1. The number of aromatic nitrogens is 3. The number of ether oxygens (including phenoxy) is 1. The number of carbonyl (C=O) groups is 2. The Kier molecular flexibility index (Phi) is 5.87. The largest absolute Gasteiger partial charge is 0.365 e. The van der Waals surface area contributed by atoms with Crippen molar-refractivity contribution in [3.8, 4) is 0 Å². The first kappa shape index (κ1) is 21.3. The first-order valence-corrected chi connectivity index (χ1v) is 11.0. The number of piperidine rings is 1. The molecule has 1 atom stereocenters. The van der Waals surface area contributed by atoms with Crippen molar-refractivity contribution in [2.75, 3.05) is 18.4 Å². The number of pyridine rings is 1. The summed E-state index contributed by atoms with van der Waals surface area (Å²) in [7, 11) is 0. The molecule has 2 amide bonds. The highest BCUT2D eigenvalue weighted by molar-refractivity contribution is 5.95. The third-order valence-corrected chi connectivity index (χ3v) is 6.26.